The summed E-state index contributed by atoms with van der Waals surface area (Å²) in [6.07, 6.45) is 0. The molecule has 0 aliphatic carbocycles. The number of rotatable bonds is 4. The molecule has 1 rings (SSSR count). The lowest BCUT2D eigenvalue weighted by atomic mass is 10.1. The van der Waals surface area contributed by atoms with Crippen molar-refractivity contribution in [2.24, 2.45) is 0 Å². The molecular weight excluding hydrogens is 256 g/mol. The van der Waals surface area contributed by atoms with E-state index in [2.05, 4.69) is 11.4 Å². The third-order valence-electron chi connectivity index (χ3n) is 2.49. The van der Waals surface area contributed by atoms with E-state index >= 15 is 0 Å². The van der Waals surface area contributed by atoms with Crippen LogP contribution in [0.5, 0.6) is 0 Å². The molecule has 1 atom stereocenters. The van der Waals surface area contributed by atoms with Crippen molar-refractivity contribution >= 4 is 17.7 Å². The number of amides is 1. The molecule has 1 N–H and O–H groups in total. The van der Waals surface area contributed by atoms with Crippen molar-refractivity contribution in [1.29, 1.82) is 5.26 Å². The van der Waals surface area contributed by atoms with Crippen LogP contribution in [0.4, 0.5) is 0 Å². The molecule has 0 saturated heterocycles. The maximum Gasteiger partial charge on any atom is 0.233 e. The van der Waals surface area contributed by atoms with Crippen molar-refractivity contribution in [3.8, 4) is 6.07 Å². The van der Waals surface area contributed by atoms with Crippen LogP contribution in [0, 0.1) is 11.3 Å². The van der Waals surface area contributed by atoms with E-state index in [0.717, 1.165) is 5.56 Å². The van der Waals surface area contributed by atoms with Gasteiger partial charge in [-0.15, -0.1) is 11.8 Å². The molecule has 0 aliphatic rings. The van der Waals surface area contributed by atoms with Crippen molar-refractivity contribution in [3.63, 3.8) is 0 Å². The number of nitrogens with zero attached hydrogens (tertiary/aromatic N) is 1. The standard InChI is InChI=1S/C15H20N2OS/c1-11(14(18)17-15(2,3)4)19-10-13-8-6-5-7-12(13)9-16/h5-8,11H,10H2,1-4H3,(H,17,18). The fourth-order valence-electron chi connectivity index (χ4n) is 1.52. The zero-order valence-electron chi connectivity index (χ0n) is 11.9. The van der Waals surface area contributed by atoms with E-state index < -0.39 is 0 Å². The summed E-state index contributed by atoms with van der Waals surface area (Å²) >= 11 is 1.54. The summed E-state index contributed by atoms with van der Waals surface area (Å²) in [6, 6.07) is 9.67. The number of carbonyl (C=O) groups is 1. The molecule has 0 aromatic heterocycles. The maximum atomic E-state index is 11.9. The predicted molar refractivity (Wildman–Crippen MR) is 79.8 cm³/mol. The maximum absolute atomic E-state index is 11.9. The van der Waals surface area contributed by atoms with E-state index in [0.29, 0.717) is 11.3 Å². The zero-order valence-corrected chi connectivity index (χ0v) is 12.7. The molecule has 0 spiro atoms. The van der Waals surface area contributed by atoms with E-state index in [1.165, 1.54) is 0 Å². The summed E-state index contributed by atoms with van der Waals surface area (Å²) in [5.74, 6) is 0.703. The van der Waals surface area contributed by atoms with Gasteiger partial charge in [-0.05, 0) is 39.3 Å². The van der Waals surface area contributed by atoms with Gasteiger partial charge in [0.15, 0.2) is 0 Å². The lowest BCUT2D eigenvalue weighted by molar-refractivity contribution is -0.121. The van der Waals surface area contributed by atoms with Crippen LogP contribution < -0.4 is 5.32 Å². The Hall–Kier alpha value is -1.47. The molecule has 0 saturated carbocycles. The van der Waals surface area contributed by atoms with Crippen LogP contribution in [0.2, 0.25) is 0 Å². The summed E-state index contributed by atoms with van der Waals surface area (Å²) in [7, 11) is 0. The van der Waals surface area contributed by atoms with Crippen molar-refractivity contribution in [1.82, 2.24) is 5.32 Å². The van der Waals surface area contributed by atoms with Crippen molar-refractivity contribution < 1.29 is 4.79 Å². The monoisotopic (exact) mass is 276 g/mol. The lowest BCUT2D eigenvalue weighted by Gasteiger charge is -2.23. The second-order valence-electron chi connectivity index (χ2n) is 5.46. The fourth-order valence-corrected chi connectivity index (χ4v) is 2.41. The van der Waals surface area contributed by atoms with Crippen LogP contribution in [0.25, 0.3) is 0 Å². The van der Waals surface area contributed by atoms with Gasteiger partial charge >= 0.3 is 0 Å². The Morgan fingerprint density at radius 2 is 2.05 bits per heavy atom. The van der Waals surface area contributed by atoms with Crippen LogP contribution in [0.15, 0.2) is 24.3 Å². The first-order valence-corrected chi connectivity index (χ1v) is 7.30. The first kappa shape index (κ1) is 15.6. The van der Waals surface area contributed by atoms with Gasteiger partial charge in [-0.25, -0.2) is 0 Å². The normalized spacial score (nSPS) is 12.6. The Morgan fingerprint density at radius 1 is 1.42 bits per heavy atom. The van der Waals surface area contributed by atoms with E-state index in [1.807, 2.05) is 45.9 Å². The molecule has 1 amide bonds. The number of nitrogens with one attached hydrogen (secondary N) is 1. The summed E-state index contributed by atoms with van der Waals surface area (Å²) in [6.45, 7) is 7.79. The fraction of sp³-hybridized carbons (Fsp3) is 0.467. The smallest absolute Gasteiger partial charge is 0.233 e. The van der Waals surface area contributed by atoms with E-state index in [4.69, 9.17) is 5.26 Å². The van der Waals surface area contributed by atoms with Gasteiger partial charge in [-0.1, -0.05) is 18.2 Å². The van der Waals surface area contributed by atoms with Gasteiger partial charge in [-0.3, -0.25) is 4.79 Å². The topological polar surface area (TPSA) is 52.9 Å². The highest BCUT2D eigenvalue weighted by Gasteiger charge is 2.19. The molecule has 0 bridgehead atoms. The molecule has 0 radical (unpaired) electrons. The van der Waals surface area contributed by atoms with Crippen LogP contribution in [0.3, 0.4) is 0 Å². The van der Waals surface area contributed by atoms with Gasteiger partial charge in [0.25, 0.3) is 0 Å². The molecular formula is C15H20N2OS. The Kier molecular flexibility index (Phi) is 5.44. The first-order valence-electron chi connectivity index (χ1n) is 6.25. The minimum atomic E-state index is -0.212. The number of nitriles is 1. The summed E-state index contributed by atoms with van der Waals surface area (Å²) in [4.78, 5) is 11.9. The number of benzene rings is 1. The lowest BCUT2D eigenvalue weighted by Crippen LogP contribution is -2.44. The second kappa shape index (κ2) is 6.63. The number of hydrogen-bond donors (Lipinski definition) is 1. The Labute approximate surface area is 119 Å². The van der Waals surface area contributed by atoms with Crippen molar-refractivity contribution in [2.45, 2.75) is 44.2 Å². The van der Waals surface area contributed by atoms with E-state index in [9.17, 15) is 4.79 Å². The van der Waals surface area contributed by atoms with Gasteiger partial charge in [0.2, 0.25) is 5.91 Å². The molecule has 0 fully saturated rings. The van der Waals surface area contributed by atoms with Gasteiger partial charge < -0.3 is 5.32 Å². The van der Waals surface area contributed by atoms with Crippen LogP contribution >= 0.6 is 11.8 Å². The quantitative estimate of drug-likeness (QED) is 0.919. The minimum absolute atomic E-state index is 0.0342. The average molecular weight is 276 g/mol. The molecule has 4 heteroatoms. The molecule has 1 aromatic carbocycles. The summed E-state index contributed by atoms with van der Waals surface area (Å²) in [5.41, 5.74) is 1.44. The molecule has 1 aromatic rings. The van der Waals surface area contributed by atoms with Gasteiger partial charge in [0.1, 0.15) is 0 Å². The van der Waals surface area contributed by atoms with Crippen LogP contribution in [-0.2, 0) is 10.5 Å². The number of hydrogen-bond acceptors (Lipinski definition) is 3. The van der Waals surface area contributed by atoms with Crippen molar-refractivity contribution in [2.75, 3.05) is 0 Å². The Bertz CT molecular complexity index is 486. The van der Waals surface area contributed by atoms with Crippen LogP contribution in [0.1, 0.15) is 38.8 Å². The molecule has 0 heterocycles. The highest BCUT2D eigenvalue weighted by molar-refractivity contribution is 7.99. The number of carbonyl (C=O) groups excluding carboxylic acids is 1. The number of thioether (sulfide) groups is 1. The predicted octanol–water partition coefficient (Wildman–Crippen LogP) is 3.09. The third kappa shape index (κ3) is 5.35. The minimum Gasteiger partial charge on any atom is -0.351 e. The summed E-state index contributed by atoms with van der Waals surface area (Å²) in [5, 5.41) is 11.8. The molecule has 1 unspecified atom stereocenters. The highest BCUT2D eigenvalue weighted by atomic mass is 32.2. The van der Waals surface area contributed by atoms with Gasteiger partial charge in [0.05, 0.1) is 16.9 Å². The molecule has 0 aliphatic heterocycles. The molecule has 3 nitrogen and oxygen atoms in total. The van der Waals surface area contributed by atoms with Gasteiger partial charge in [-0.2, -0.15) is 5.26 Å². The van der Waals surface area contributed by atoms with E-state index in [-0.39, 0.29) is 16.7 Å². The first-order chi connectivity index (χ1) is 8.83. The van der Waals surface area contributed by atoms with Gasteiger partial charge in [0, 0.05) is 11.3 Å². The van der Waals surface area contributed by atoms with E-state index in [1.54, 1.807) is 17.8 Å². The van der Waals surface area contributed by atoms with Crippen molar-refractivity contribution in [3.05, 3.63) is 35.4 Å². The Morgan fingerprint density at radius 3 is 2.63 bits per heavy atom. The zero-order chi connectivity index (χ0) is 14.5. The third-order valence-corrected chi connectivity index (χ3v) is 3.69. The average Bonchev–Trinajstić information content (AvgIpc) is 2.34. The second-order valence-corrected chi connectivity index (χ2v) is 6.79. The SMILES string of the molecule is CC(SCc1ccccc1C#N)C(=O)NC(C)(C)C. The largest absolute Gasteiger partial charge is 0.351 e. The highest BCUT2D eigenvalue weighted by Crippen LogP contribution is 2.20. The molecule has 102 valence electrons. The summed E-state index contributed by atoms with van der Waals surface area (Å²) < 4.78 is 0. The van der Waals surface area contributed by atoms with Crippen LogP contribution in [-0.4, -0.2) is 16.7 Å². The Balaban J connectivity index is 2.57. The molecule has 19 heavy (non-hydrogen) atoms.